The minimum absolute atomic E-state index is 0.125. The van der Waals surface area contributed by atoms with Gasteiger partial charge < -0.3 is 5.73 Å². The number of halogens is 1. The maximum atomic E-state index is 13.1. The zero-order valence-corrected chi connectivity index (χ0v) is 8.89. The Morgan fingerprint density at radius 2 is 1.93 bits per heavy atom. The molecular weight excluding hydrogens is 177 g/mol. The molecular formula is C12H16FN. The summed E-state index contributed by atoms with van der Waals surface area (Å²) in [4.78, 5) is 0. The fourth-order valence-electron chi connectivity index (χ4n) is 1.42. The summed E-state index contributed by atoms with van der Waals surface area (Å²) in [6.07, 6.45) is 0. The molecule has 1 rings (SSSR count). The summed E-state index contributed by atoms with van der Waals surface area (Å²) in [6, 6.07) is 4.61. The highest BCUT2D eigenvalue weighted by atomic mass is 19.1. The number of benzene rings is 1. The first-order chi connectivity index (χ1) is 6.32. The normalized spacial score (nSPS) is 11.4. The van der Waals surface area contributed by atoms with Gasteiger partial charge >= 0.3 is 0 Å². The topological polar surface area (TPSA) is 26.0 Å². The SMILES string of the molecule is C=C(N)c1ccc(F)cc1C(C)(C)C. The molecule has 0 aliphatic heterocycles. The number of nitrogens with two attached hydrogens (primary N) is 1. The molecule has 0 aliphatic carbocycles. The van der Waals surface area contributed by atoms with E-state index >= 15 is 0 Å². The van der Waals surface area contributed by atoms with Crippen LogP contribution in [0.3, 0.4) is 0 Å². The molecule has 76 valence electrons. The summed E-state index contributed by atoms with van der Waals surface area (Å²) in [7, 11) is 0. The first kappa shape index (κ1) is 10.8. The molecule has 0 fully saturated rings. The van der Waals surface area contributed by atoms with Crippen molar-refractivity contribution in [3.8, 4) is 0 Å². The van der Waals surface area contributed by atoms with Crippen LogP contribution in [-0.4, -0.2) is 0 Å². The average Bonchev–Trinajstić information content (AvgIpc) is 2.01. The Morgan fingerprint density at radius 1 is 1.36 bits per heavy atom. The van der Waals surface area contributed by atoms with E-state index in [2.05, 4.69) is 6.58 Å². The molecule has 0 spiro atoms. The first-order valence-corrected chi connectivity index (χ1v) is 4.57. The summed E-state index contributed by atoms with van der Waals surface area (Å²) in [5.74, 6) is -0.236. The van der Waals surface area contributed by atoms with Crippen molar-refractivity contribution in [1.29, 1.82) is 0 Å². The zero-order valence-electron chi connectivity index (χ0n) is 8.89. The van der Waals surface area contributed by atoms with Gasteiger partial charge in [-0.05, 0) is 29.2 Å². The molecule has 0 aromatic heterocycles. The van der Waals surface area contributed by atoms with Gasteiger partial charge in [-0.3, -0.25) is 0 Å². The highest BCUT2D eigenvalue weighted by Gasteiger charge is 2.18. The van der Waals surface area contributed by atoms with Gasteiger partial charge in [0.15, 0.2) is 0 Å². The van der Waals surface area contributed by atoms with Crippen LogP contribution in [0.25, 0.3) is 5.70 Å². The lowest BCUT2D eigenvalue weighted by molar-refractivity contribution is 0.570. The van der Waals surface area contributed by atoms with Crippen LogP contribution in [0.1, 0.15) is 31.9 Å². The molecule has 0 aliphatic rings. The highest BCUT2D eigenvalue weighted by Crippen LogP contribution is 2.28. The summed E-state index contributed by atoms with van der Waals surface area (Å²) < 4.78 is 13.1. The van der Waals surface area contributed by atoms with Gasteiger partial charge in [0.1, 0.15) is 5.82 Å². The Morgan fingerprint density at radius 3 is 2.36 bits per heavy atom. The monoisotopic (exact) mass is 193 g/mol. The maximum absolute atomic E-state index is 13.1. The van der Waals surface area contributed by atoms with Gasteiger partial charge in [0.05, 0.1) is 0 Å². The van der Waals surface area contributed by atoms with Crippen LogP contribution < -0.4 is 5.73 Å². The first-order valence-electron chi connectivity index (χ1n) is 4.57. The van der Waals surface area contributed by atoms with E-state index in [1.807, 2.05) is 20.8 Å². The van der Waals surface area contributed by atoms with Crippen LogP contribution in [0.2, 0.25) is 0 Å². The molecule has 0 atom stereocenters. The zero-order chi connectivity index (χ0) is 10.9. The number of rotatable bonds is 1. The molecule has 1 nitrogen and oxygen atoms in total. The average molecular weight is 193 g/mol. The number of hydrogen-bond donors (Lipinski definition) is 1. The third kappa shape index (κ3) is 2.13. The van der Waals surface area contributed by atoms with E-state index < -0.39 is 0 Å². The third-order valence-electron chi connectivity index (χ3n) is 2.14. The van der Waals surface area contributed by atoms with E-state index in [0.717, 1.165) is 11.1 Å². The Labute approximate surface area is 84.4 Å². The molecule has 0 amide bonds. The quantitative estimate of drug-likeness (QED) is 0.728. The maximum Gasteiger partial charge on any atom is 0.123 e. The Kier molecular flexibility index (Phi) is 2.65. The largest absolute Gasteiger partial charge is 0.399 e. The molecule has 0 bridgehead atoms. The minimum atomic E-state index is -0.236. The van der Waals surface area contributed by atoms with Gasteiger partial charge in [0.25, 0.3) is 0 Å². The second-order valence-corrected chi connectivity index (χ2v) is 4.47. The molecule has 1 aromatic rings. The van der Waals surface area contributed by atoms with Crippen LogP contribution in [-0.2, 0) is 5.41 Å². The van der Waals surface area contributed by atoms with E-state index in [4.69, 9.17) is 5.73 Å². The van der Waals surface area contributed by atoms with Crippen molar-refractivity contribution >= 4 is 5.70 Å². The van der Waals surface area contributed by atoms with Crippen LogP contribution in [0.4, 0.5) is 4.39 Å². The fourth-order valence-corrected chi connectivity index (χ4v) is 1.42. The molecule has 0 saturated carbocycles. The molecule has 2 N–H and O–H groups in total. The highest BCUT2D eigenvalue weighted by molar-refractivity contribution is 5.64. The van der Waals surface area contributed by atoms with Crippen LogP contribution in [0.15, 0.2) is 24.8 Å². The predicted molar refractivity (Wildman–Crippen MR) is 58.3 cm³/mol. The molecule has 14 heavy (non-hydrogen) atoms. The molecule has 0 unspecified atom stereocenters. The van der Waals surface area contributed by atoms with Crippen molar-refractivity contribution < 1.29 is 4.39 Å². The summed E-state index contributed by atoms with van der Waals surface area (Å²) in [5.41, 5.74) is 7.73. The van der Waals surface area contributed by atoms with Gasteiger partial charge in [0.2, 0.25) is 0 Å². The minimum Gasteiger partial charge on any atom is -0.399 e. The van der Waals surface area contributed by atoms with Crippen LogP contribution >= 0.6 is 0 Å². The Hall–Kier alpha value is -1.31. The molecule has 0 saturated heterocycles. The lowest BCUT2D eigenvalue weighted by Gasteiger charge is -2.22. The van der Waals surface area contributed by atoms with E-state index in [-0.39, 0.29) is 11.2 Å². The predicted octanol–water partition coefficient (Wildman–Crippen LogP) is 3.05. The Balaban J connectivity index is 3.38. The smallest absolute Gasteiger partial charge is 0.123 e. The van der Waals surface area contributed by atoms with E-state index in [9.17, 15) is 4.39 Å². The molecule has 0 radical (unpaired) electrons. The van der Waals surface area contributed by atoms with E-state index in [1.54, 1.807) is 6.07 Å². The lowest BCUT2D eigenvalue weighted by atomic mass is 9.83. The van der Waals surface area contributed by atoms with Crippen LogP contribution in [0, 0.1) is 5.82 Å². The van der Waals surface area contributed by atoms with E-state index in [1.165, 1.54) is 12.1 Å². The van der Waals surface area contributed by atoms with E-state index in [0.29, 0.717) is 5.70 Å². The third-order valence-corrected chi connectivity index (χ3v) is 2.14. The van der Waals surface area contributed by atoms with Crippen molar-refractivity contribution in [2.24, 2.45) is 5.73 Å². The van der Waals surface area contributed by atoms with Crippen molar-refractivity contribution in [3.63, 3.8) is 0 Å². The lowest BCUT2D eigenvalue weighted by Crippen LogP contribution is -2.15. The van der Waals surface area contributed by atoms with Gasteiger partial charge in [-0.1, -0.05) is 27.4 Å². The second kappa shape index (κ2) is 3.45. The molecule has 0 heterocycles. The summed E-state index contributed by atoms with van der Waals surface area (Å²) >= 11 is 0. The van der Waals surface area contributed by atoms with Crippen LogP contribution in [0.5, 0.6) is 0 Å². The molecule has 2 heteroatoms. The summed E-state index contributed by atoms with van der Waals surface area (Å²) in [6.45, 7) is 9.75. The summed E-state index contributed by atoms with van der Waals surface area (Å²) in [5, 5.41) is 0. The number of hydrogen-bond acceptors (Lipinski definition) is 1. The van der Waals surface area contributed by atoms with Gasteiger partial charge in [-0.2, -0.15) is 0 Å². The van der Waals surface area contributed by atoms with Gasteiger partial charge in [-0.15, -0.1) is 0 Å². The van der Waals surface area contributed by atoms with Gasteiger partial charge in [0, 0.05) is 11.3 Å². The molecule has 1 aromatic carbocycles. The van der Waals surface area contributed by atoms with Crippen molar-refractivity contribution in [2.45, 2.75) is 26.2 Å². The van der Waals surface area contributed by atoms with Gasteiger partial charge in [-0.25, -0.2) is 4.39 Å². The van der Waals surface area contributed by atoms with Crippen molar-refractivity contribution in [3.05, 3.63) is 41.7 Å². The second-order valence-electron chi connectivity index (χ2n) is 4.47. The van der Waals surface area contributed by atoms with Crippen molar-refractivity contribution in [1.82, 2.24) is 0 Å². The Bertz CT molecular complexity index is 361. The van der Waals surface area contributed by atoms with Crippen molar-refractivity contribution in [2.75, 3.05) is 0 Å². The fraction of sp³-hybridized carbons (Fsp3) is 0.333. The standard InChI is InChI=1S/C12H16FN/c1-8(14)10-6-5-9(13)7-11(10)12(2,3)4/h5-7H,1,14H2,2-4H3.